The first-order valence-electron chi connectivity index (χ1n) is 7.17. The van der Waals surface area contributed by atoms with Crippen LogP contribution in [0.15, 0.2) is 6.33 Å². The second-order valence-corrected chi connectivity index (χ2v) is 4.90. The van der Waals surface area contributed by atoms with Gasteiger partial charge in [0.25, 0.3) is 0 Å². The second kappa shape index (κ2) is 6.04. The lowest BCUT2D eigenvalue weighted by Gasteiger charge is -2.23. The van der Waals surface area contributed by atoms with Gasteiger partial charge in [-0.1, -0.05) is 0 Å². The van der Waals surface area contributed by atoms with E-state index in [1.807, 2.05) is 6.92 Å². The van der Waals surface area contributed by atoms with Crippen LogP contribution in [0.1, 0.15) is 26.2 Å². The number of hydrogen-bond donors (Lipinski definition) is 3. The molecule has 0 saturated carbocycles. The van der Waals surface area contributed by atoms with Gasteiger partial charge in [0, 0.05) is 19.7 Å². The summed E-state index contributed by atoms with van der Waals surface area (Å²) < 4.78 is 5.72. The lowest BCUT2D eigenvalue weighted by molar-refractivity contribution is 0.0247. The molecule has 3 N–H and O–H groups in total. The number of anilines is 2. The minimum atomic E-state index is 0.263. The number of H-pyrrole nitrogens is 1. The maximum atomic E-state index is 5.72. The number of ether oxygens (including phenoxy) is 1. The maximum absolute atomic E-state index is 5.72. The highest BCUT2D eigenvalue weighted by Gasteiger charge is 2.15. The van der Waals surface area contributed by atoms with E-state index in [1.165, 1.54) is 12.8 Å². The van der Waals surface area contributed by atoms with Gasteiger partial charge in [0.05, 0.1) is 12.4 Å². The summed E-state index contributed by atoms with van der Waals surface area (Å²) in [6, 6.07) is 0. The lowest BCUT2D eigenvalue weighted by Crippen LogP contribution is -2.27. The van der Waals surface area contributed by atoms with Crippen LogP contribution in [0.2, 0.25) is 0 Å². The number of aromatic amines is 1. The number of nitrogens with zero attached hydrogens (tertiary/aromatic N) is 3. The van der Waals surface area contributed by atoms with Crippen molar-refractivity contribution < 1.29 is 4.74 Å². The average molecular weight is 276 g/mol. The molecule has 0 aromatic carbocycles. The van der Waals surface area contributed by atoms with E-state index >= 15 is 0 Å². The fourth-order valence-corrected chi connectivity index (χ4v) is 2.38. The van der Waals surface area contributed by atoms with Crippen LogP contribution < -0.4 is 10.6 Å². The summed E-state index contributed by atoms with van der Waals surface area (Å²) in [4.78, 5) is 16.1. The normalized spacial score (nSPS) is 19.1. The second-order valence-electron chi connectivity index (χ2n) is 4.90. The Morgan fingerprint density at radius 3 is 3.10 bits per heavy atom. The number of hydrogen-bond acceptors (Lipinski definition) is 6. The molecule has 1 saturated heterocycles. The van der Waals surface area contributed by atoms with Crippen molar-refractivity contribution in [3.05, 3.63) is 6.33 Å². The molecule has 0 radical (unpaired) electrons. The zero-order chi connectivity index (χ0) is 13.8. The molecule has 7 heteroatoms. The molecule has 0 spiro atoms. The summed E-state index contributed by atoms with van der Waals surface area (Å²) in [6.45, 7) is 4.41. The molecule has 2 aromatic rings. The van der Waals surface area contributed by atoms with Crippen LogP contribution >= 0.6 is 0 Å². The first-order valence-corrected chi connectivity index (χ1v) is 7.17. The molecule has 7 nitrogen and oxygen atoms in total. The molecule has 3 heterocycles. The fourth-order valence-electron chi connectivity index (χ4n) is 2.38. The van der Waals surface area contributed by atoms with Gasteiger partial charge in [0.15, 0.2) is 11.5 Å². The third-order valence-corrected chi connectivity index (χ3v) is 3.39. The topological polar surface area (TPSA) is 87.8 Å². The molecule has 2 aromatic heterocycles. The molecule has 1 atom stereocenters. The Morgan fingerprint density at radius 1 is 1.35 bits per heavy atom. The summed E-state index contributed by atoms with van der Waals surface area (Å²) in [5, 5.41) is 6.48. The van der Waals surface area contributed by atoms with Crippen molar-refractivity contribution in [2.45, 2.75) is 32.3 Å². The van der Waals surface area contributed by atoms with Crippen LogP contribution in [0.4, 0.5) is 11.8 Å². The van der Waals surface area contributed by atoms with Gasteiger partial charge < -0.3 is 20.4 Å². The van der Waals surface area contributed by atoms with E-state index < -0.39 is 0 Å². The predicted octanol–water partition coefficient (Wildman–Crippen LogP) is 1.77. The molecule has 1 unspecified atom stereocenters. The summed E-state index contributed by atoms with van der Waals surface area (Å²) in [5.41, 5.74) is 1.51. The van der Waals surface area contributed by atoms with Gasteiger partial charge in [-0.05, 0) is 26.2 Å². The van der Waals surface area contributed by atoms with Crippen LogP contribution in [0.3, 0.4) is 0 Å². The largest absolute Gasteiger partial charge is 0.376 e. The SMILES string of the molecule is CCNc1nc(NCC2CCCCO2)c2[nH]cnc2n1. The van der Waals surface area contributed by atoms with E-state index in [1.54, 1.807) is 6.33 Å². The van der Waals surface area contributed by atoms with Gasteiger partial charge in [0.1, 0.15) is 5.52 Å². The van der Waals surface area contributed by atoms with Crippen molar-refractivity contribution in [2.75, 3.05) is 30.3 Å². The molecule has 0 bridgehead atoms. The molecule has 3 rings (SSSR count). The molecule has 1 aliphatic rings. The van der Waals surface area contributed by atoms with Crippen LogP contribution in [0.25, 0.3) is 11.2 Å². The summed E-state index contributed by atoms with van der Waals surface area (Å²) >= 11 is 0. The third-order valence-electron chi connectivity index (χ3n) is 3.39. The highest BCUT2D eigenvalue weighted by Crippen LogP contribution is 2.20. The lowest BCUT2D eigenvalue weighted by atomic mass is 10.1. The number of nitrogens with one attached hydrogen (secondary N) is 3. The van der Waals surface area contributed by atoms with Crippen LogP contribution in [-0.2, 0) is 4.74 Å². The number of rotatable bonds is 5. The standard InChI is InChI=1S/C13H20N6O/c1-2-14-13-18-11(10-12(19-13)17-8-16-10)15-7-9-5-3-4-6-20-9/h8-9H,2-7H2,1H3,(H3,14,15,16,17,18,19). The van der Waals surface area contributed by atoms with Crippen molar-refractivity contribution in [2.24, 2.45) is 0 Å². The predicted molar refractivity (Wildman–Crippen MR) is 77.9 cm³/mol. The van der Waals surface area contributed by atoms with Crippen molar-refractivity contribution in [1.82, 2.24) is 19.9 Å². The minimum absolute atomic E-state index is 0.263. The highest BCUT2D eigenvalue weighted by molar-refractivity contribution is 5.83. The van der Waals surface area contributed by atoms with Crippen molar-refractivity contribution in [3.63, 3.8) is 0 Å². The van der Waals surface area contributed by atoms with Crippen molar-refractivity contribution in [1.29, 1.82) is 0 Å². The molecule has 1 aliphatic heterocycles. The van der Waals surface area contributed by atoms with E-state index in [0.29, 0.717) is 11.6 Å². The Hall–Kier alpha value is -1.89. The Labute approximate surface area is 117 Å². The Balaban J connectivity index is 1.76. The van der Waals surface area contributed by atoms with Gasteiger partial charge in [-0.25, -0.2) is 4.98 Å². The fraction of sp³-hybridized carbons (Fsp3) is 0.615. The zero-order valence-electron chi connectivity index (χ0n) is 11.6. The van der Waals surface area contributed by atoms with Crippen molar-refractivity contribution >= 4 is 22.9 Å². The number of fused-ring (bicyclic) bond motifs is 1. The quantitative estimate of drug-likeness (QED) is 0.771. The Bertz CT molecular complexity index is 563. The van der Waals surface area contributed by atoms with E-state index in [0.717, 1.165) is 37.5 Å². The molecule has 1 fully saturated rings. The number of imidazole rings is 1. The summed E-state index contributed by atoms with van der Waals surface area (Å²) in [6.07, 6.45) is 5.40. The molecular formula is C13H20N6O. The van der Waals surface area contributed by atoms with E-state index in [-0.39, 0.29) is 6.10 Å². The van der Waals surface area contributed by atoms with Crippen molar-refractivity contribution in [3.8, 4) is 0 Å². The Morgan fingerprint density at radius 2 is 2.30 bits per heavy atom. The molecular weight excluding hydrogens is 256 g/mol. The summed E-state index contributed by atoms with van der Waals surface area (Å²) in [7, 11) is 0. The third kappa shape index (κ3) is 2.82. The van der Waals surface area contributed by atoms with Crippen LogP contribution in [-0.4, -0.2) is 45.7 Å². The molecule has 20 heavy (non-hydrogen) atoms. The first-order chi connectivity index (χ1) is 9.86. The molecule has 0 aliphatic carbocycles. The van der Waals surface area contributed by atoms with E-state index in [4.69, 9.17) is 4.74 Å². The van der Waals surface area contributed by atoms with Gasteiger partial charge in [-0.3, -0.25) is 0 Å². The van der Waals surface area contributed by atoms with E-state index in [2.05, 4.69) is 30.6 Å². The minimum Gasteiger partial charge on any atom is -0.376 e. The Kier molecular flexibility index (Phi) is 3.96. The maximum Gasteiger partial charge on any atom is 0.226 e. The van der Waals surface area contributed by atoms with Crippen LogP contribution in [0, 0.1) is 0 Å². The van der Waals surface area contributed by atoms with Gasteiger partial charge in [-0.15, -0.1) is 0 Å². The zero-order valence-corrected chi connectivity index (χ0v) is 11.6. The average Bonchev–Trinajstić information content (AvgIpc) is 2.95. The first kappa shape index (κ1) is 13.1. The highest BCUT2D eigenvalue weighted by atomic mass is 16.5. The summed E-state index contributed by atoms with van der Waals surface area (Å²) in [5.74, 6) is 1.37. The monoisotopic (exact) mass is 276 g/mol. The van der Waals surface area contributed by atoms with Gasteiger partial charge in [0.2, 0.25) is 5.95 Å². The van der Waals surface area contributed by atoms with Gasteiger partial charge >= 0.3 is 0 Å². The molecule has 108 valence electrons. The van der Waals surface area contributed by atoms with Gasteiger partial charge in [-0.2, -0.15) is 9.97 Å². The van der Waals surface area contributed by atoms with Crippen LogP contribution in [0.5, 0.6) is 0 Å². The molecule has 0 amide bonds. The smallest absolute Gasteiger partial charge is 0.226 e. The van der Waals surface area contributed by atoms with E-state index in [9.17, 15) is 0 Å². The number of aromatic nitrogens is 4.